The molecule has 0 aliphatic heterocycles. The minimum absolute atomic E-state index is 0.279. The minimum atomic E-state index is -0.498. The Morgan fingerprint density at radius 1 is 0.931 bits per heavy atom. The molecular formula is C25H36N2O2. The van der Waals surface area contributed by atoms with Crippen LogP contribution in [0.15, 0.2) is 48.5 Å². The van der Waals surface area contributed by atoms with Crippen LogP contribution in [0.2, 0.25) is 0 Å². The maximum atomic E-state index is 10.8. The number of aliphatic hydroxyl groups is 1. The van der Waals surface area contributed by atoms with E-state index in [9.17, 15) is 9.90 Å². The topological polar surface area (TPSA) is 66.6 Å². The van der Waals surface area contributed by atoms with E-state index in [1.165, 1.54) is 24.0 Å². The van der Waals surface area contributed by atoms with Crippen molar-refractivity contribution in [1.29, 1.82) is 0 Å². The first-order chi connectivity index (χ1) is 14.0. The quantitative estimate of drug-likeness (QED) is 0.465. The first-order valence-electron chi connectivity index (χ1n) is 10.9. The Morgan fingerprint density at radius 3 is 2.00 bits per heavy atom. The molecule has 0 aliphatic carbocycles. The van der Waals surface area contributed by atoms with Crippen molar-refractivity contribution < 1.29 is 9.90 Å². The molecule has 0 saturated carbocycles. The Hall–Kier alpha value is -2.17. The van der Waals surface area contributed by atoms with E-state index < -0.39 is 6.10 Å². The third-order valence-electron chi connectivity index (χ3n) is 5.22. The maximum Gasteiger partial charge on any atom is 0.217 e. The number of rotatable bonds is 13. The van der Waals surface area contributed by atoms with Crippen molar-refractivity contribution in [2.75, 3.05) is 13.1 Å². The fourth-order valence-electron chi connectivity index (χ4n) is 3.66. The van der Waals surface area contributed by atoms with E-state index in [4.69, 9.17) is 5.73 Å². The molecule has 0 bridgehead atoms. The highest BCUT2D eigenvalue weighted by Crippen LogP contribution is 2.25. The molecule has 0 spiro atoms. The van der Waals surface area contributed by atoms with Crippen LogP contribution in [0.1, 0.15) is 69.6 Å². The SMILES string of the molecule is CCCN(CCC)Cc1ccc(-c2ccc(C(O)CCCCC(N)=O)cc2)cc1. The Kier molecular flexibility index (Phi) is 9.89. The summed E-state index contributed by atoms with van der Waals surface area (Å²) in [5.41, 5.74) is 9.75. The molecule has 29 heavy (non-hydrogen) atoms. The zero-order valence-electron chi connectivity index (χ0n) is 17.9. The molecule has 0 heterocycles. The maximum absolute atomic E-state index is 10.8. The molecule has 3 N–H and O–H groups in total. The number of amides is 1. The van der Waals surface area contributed by atoms with Crippen LogP contribution in [0.4, 0.5) is 0 Å². The Labute approximate surface area is 175 Å². The van der Waals surface area contributed by atoms with Gasteiger partial charge in [0, 0.05) is 13.0 Å². The number of benzene rings is 2. The Balaban J connectivity index is 1.92. The highest BCUT2D eigenvalue weighted by Gasteiger charge is 2.09. The van der Waals surface area contributed by atoms with Crippen LogP contribution in [-0.2, 0) is 11.3 Å². The van der Waals surface area contributed by atoms with Crippen LogP contribution in [-0.4, -0.2) is 29.0 Å². The second-order valence-corrected chi connectivity index (χ2v) is 7.82. The molecule has 0 fully saturated rings. The summed E-state index contributed by atoms with van der Waals surface area (Å²) in [6, 6.07) is 16.9. The van der Waals surface area contributed by atoms with Crippen molar-refractivity contribution >= 4 is 5.91 Å². The smallest absolute Gasteiger partial charge is 0.217 e. The van der Waals surface area contributed by atoms with Gasteiger partial charge in [0.15, 0.2) is 0 Å². The van der Waals surface area contributed by atoms with E-state index in [0.717, 1.165) is 43.6 Å². The normalized spacial score (nSPS) is 12.3. The van der Waals surface area contributed by atoms with Crippen LogP contribution >= 0.6 is 0 Å². The van der Waals surface area contributed by atoms with Gasteiger partial charge in [0.1, 0.15) is 0 Å². The Morgan fingerprint density at radius 2 is 1.48 bits per heavy atom. The van der Waals surface area contributed by atoms with Gasteiger partial charge in [-0.25, -0.2) is 0 Å². The van der Waals surface area contributed by atoms with E-state index in [2.05, 4.69) is 55.1 Å². The Bertz CT molecular complexity index is 719. The number of hydrogen-bond acceptors (Lipinski definition) is 3. The molecule has 0 radical (unpaired) electrons. The number of aliphatic hydroxyl groups excluding tert-OH is 1. The summed E-state index contributed by atoms with van der Waals surface area (Å²) < 4.78 is 0. The lowest BCUT2D eigenvalue weighted by Gasteiger charge is -2.21. The predicted molar refractivity (Wildman–Crippen MR) is 120 cm³/mol. The second kappa shape index (κ2) is 12.4. The van der Waals surface area contributed by atoms with Crippen molar-refractivity contribution in [1.82, 2.24) is 4.90 Å². The molecule has 2 rings (SSSR count). The summed E-state index contributed by atoms with van der Waals surface area (Å²) in [5, 5.41) is 10.3. The number of primary amides is 1. The number of nitrogens with zero attached hydrogens (tertiary/aromatic N) is 1. The van der Waals surface area contributed by atoms with Crippen LogP contribution < -0.4 is 5.73 Å². The summed E-state index contributed by atoms with van der Waals surface area (Å²) in [6.45, 7) is 7.74. The summed E-state index contributed by atoms with van der Waals surface area (Å²) in [6.07, 6.45) is 4.42. The van der Waals surface area contributed by atoms with Gasteiger partial charge in [0.05, 0.1) is 6.10 Å². The van der Waals surface area contributed by atoms with E-state index in [0.29, 0.717) is 12.8 Å². The lowest BCUT2D eigenvalue weighted by Crippen LogP contribution is -2.24. The summed E-state index contributed by atoms with van der Waals surface area (Å²) >= 11 is 0. The molecule has 2 aromatic rings. The van der Waals surface area contributed by atoms with E-state index in [1.807, 2.05) is 12.1 Å². The van der Waals surface area contributed by atoms with Gasteiger partial charge in [-0.15, -0.1) is 0 Å². The summed E-state index contributed by atoms with van der Waals surface area (Å²) in [4.78, 5) is 13.3. The van der Waals surface area contributed by atoms with Gasteiger partial charge in [-0.05, 0) is 61.0 Å². The van der Waals surface area contributed by atoms with Crippen molar-refractivity contribution in [2.24, 2.45) is 5.73 Å². The number of carbonyl (C=O) groups excluding carboxylic acids is 1. The molecule has 4 heteroatoms. The number of nitrogens with two attached hydrogens (primary N) is 1. The van der Waals surface area contributed by atoms with Gasteiger partial charge in [0.2, 0.25) is 5.91 Å². The van der Waals surface area contributed by atoms with Gasteiger partial charge >= 0.3 is 0 Å². The average Bonchev–Trinajstić information content (AvgIpc) is 2.72. The zero-order chi connectivity index (χ0) is 21.1. The summed E-state index contributed by atoms with van der Waals surface area (Å²) in [5.74, 6) is -0.279. The predicted octanol–water partition coefficient (Wildman–Crippen LogP) is 5.05. The molecule has 4 nitrogen and oxygen atoms in total. The number of hydrogen-bond donors (Lipinski definition) is 2. The molecule has 1 amide bonds. The minimum Gasteiger partial charge on any atom is -0.388 e. The highest BCUT2D eigenvalue weighted by atomic mass is 16.3. The van der Waals surface area contributed by atoms with Crippen LogP contribution in [0.25, 0.3) is 11.1 Å². The zero-order valence-corrected chi connectivity index (χ0v) is 17.9. The third-order valence-corrected chi connectivity index (χ3v) is 5.22. The third kappa shape index (κ3) is 8.00. The number of carbonyl (C=O) groups is 1. The second-order valence-electron chi connectivity index (χ2n) is 7.82. The lowest BCUT2D eigenvalue weighted by molar-refractivity contribution is -0.118. The van der Waals surface area contributed by atoms with Crippen LogP contribution in [0.3, 0.4) is 0 Å². The van der Waals surface area contributed by atoms with E-state index in [1.54, 1.807) is 0 Å². The monoisotopic (exact) mass is 396 g/mol. The number of unbranched alkanes of at least 4 members (excludes halogenated alkanes) is 1. The molecule has 0 aromatic heterocycles. The van der Waals surface area contributed by atoms with Crippen molar-refractivity contribution in [3.05, 3.63) is 59.7 Å². The fourth-order valence-corrected chi connectivity index (χ4v) is 3.66. The molecule has 1 unspecified atom stereocenters. The first-order valence-corrected chi connectivity index (χ1v) is 10.9. The van der Waals surface area contributed by atoms with Crippen molar-refractivity contribution in [2.45, 2.75) is 65.0 Å². The van der Waals surface area contributed by atoms with Gasteiger partial charge in [-0.1, -0.05) is 68.8 Å². The first kappa shape index (κ1) is 23.1. The van der Waals surface area contributed by atoms with Gasteiger partial charge < -0.3 is 10.8 Å². The standard InChI is InChI=1S/C25H36N2O2/c1-3-17-27(18-4-2)19-20-9-11-21(12-10-20)22-13-15-23(16-14-22)24(28)7-5-6-8-25(26)29/h9-16,24,28H,3-8,17-19H2,1-2H3,(H2,26,29). The fraction of sp³-hybridized carbons (Fsp3) is 0.480. The van der Waals surface area contributed by atoms with Crippen LogP contribution in [0.5, 0.6) is 0 Å². The van der Waals surface area contributed by atoms with Gasteiger partial charge in [-0.2, -0.15) is 0 Å². The van der Waals surface area contributed by atoms with Gasteiger partial charge in [0.25, 0.3) is 0 Å². The molecule has 0 aliphatic rings. The van der Waals surface area contributed by atoms with E-state index >= 15 is 0 Å². The largest absolute Gasteiger partial charge is 0.388 e. The molecule has 2 aromatic carbocycles. The van der Waals surface area contributed by atoms with E-state index in [-0.39, 0.29) is 5.91 Å². The molecule has 0 saturated heterocycles. The average molecular weight is 397 g/mol. The van der Waals surface area contributed by atoms with Gasteiger partial charge in [-0.3, -0.25) is 9.69 Å². The van der Waals surface area contributed by atoms with Crippen molar-refractivity contribution in [3.63, 3.8) is 0 Å². The van der Waals surface area contributed by atoms with Crippen molar-refractivity contribution in [3.8, 4) is 11.1 Å². The van der Waals surface area contributed by atoms with Crippen LogP contribution in [0, 0.1) is 0 Å². The molecule has 158 valence electrons. The lowest BCUT2D eigenvalue weighted by atomic mass is 9.98. The summed E-state index contributed by atoms with van der Waals surface area (Å²) in [7, 11) is 0. The highest BCUT2D eigenvalue weighted by molar-refractivity contribution is 5.73. The molecular weight excluding hydrogens is 360 g/mol. The molecule has 1 atom stereocenters.